The fraction of sp³-hybridized carbons (Fsp3) is 0.880. The third-order valence-electron chi connectivity index (χ3n) is 10.2. The molecule has 3 aliphatic carbocycles. The van der Waals surface area contributed by atoms with Crippen molar-refractivity contribution in [3.8, 4) is 0 Å². The quantitative estimate of drug-likeness (QED) is 0.460. The van der Waals surface area contributed by atoms with E-state index in [4.69, 9.17) is 14.2 Å². The fourth-order valence-corrected chi connectivity index (χ4v) is 9.16. The fourth-order valence-electron chi connectivity index (χ4n) is 9.16. The summed E-state index contributed by atoms with van der Waals surface area (Å²) in [5, 5.41) is 8.84. The molecule has 2 heterocycles. The van der Waals surface area contributed by atoms with Crippen molar-refractivity contribution in [3.63, 3.8) is 0 Å². The lowest BCUT2D eigenvalue weighted by Crippen LogP contribution is -2.74. The maximum atomic E-state index is 13.2. The molecule has 182 valence electrons. The summed E-state index contributed by atoms with van der Waals surface area (Å²) >= 11 is 0. The van der Waals surface area contributed by atoms with E-state index in [-0.39, 0.29) is 53.0 Å². The van der Waals surface area contributed by atoms with Crippen LogP contribution in [0.4, 0.5) is 0 Å². The number of fused-ring (bicyclic) bond motifs is 4. The van der Waals surface area contributed by atoms with E-state index < -0.39 is 29.1 Å². The van der Waals surface area contributed by atoms with Gasteiger partial charge in [-0.2, -0.15) is 10.2 Å². The molecule has 9 atom stereocenters. The zero-order valence-electron chi connectivity index (χ0n) is 20.6. The number of ether oxygens (including phenoxy) is 3. The van der Waals surface area contributed by atoms with Crippen molar-refractivity contribution in [2.45, 2.75) is 85.0 Å². The van der Waals surface area contributed by atoms with Crippen LogP contribution in [0.25, 0.3) is 0 Å². The van der Waals surface area contributed by atoms with Gasteiger partial charge in [0.1, 0.15) is 12.2 Å². The van der Waals surface area contributed by atoms with Crippen LogP contribution >= 0.6 is 0 Å². The van der Waals surface area contributed by atoms with E-state index in [1.807, 2.05) is 0 Å². The molecule has 5 aliphatic rings. The van der Waals surface area contributed by atoms with Gasteiger partial charge in [-0.15, -0.1) is 0 Å². The summed E-state index contributed by atoms with van der Waals surface area (Å²) in [7, 11) is 0. The Kier molecular flexibility index (Phi) is 4.84. The Labute approximate surface area is 195 Å². The van der Waals surface area contributed by atoms with Gasteiger partial charge in [0, 0.05) is 31.1 Å². The molecule has 0 aromatic rings. The number of carbonyl (C=O) groups is 3. The summed E-state index contributed by atoms with van der Waals surface area (Å²) < 4.78 is 17.9. The second-order valence-electron chi connectivity index (χ2n) is 12.2. The van der Waals surface area contributed by atoms with Gasteiger partial charge in [-0.05, 0) is 36.0 Å². The Bertz CT molecular complexity index is 932. The Hall–Kier alpha value is -1.99. The van der Waals surface area contributed by atoms with E-state index in [1.165, 1.54) is 13.8 Å². The van der Waals surface area contributed by atoms with Crippen molar-refractivity contribution in [2.24, 2.45) is 50.1 Å². The van der Waals surface area contributed by atoms with E-state index in [2.05, 4.69) is 37.9 Å². The van der Waals surface area contributed by atoms with Crippen molar-refractivity contribution in [2.75, 3.05) is 13.2 Å². The van der Waals surface area contributed by atoms with E-state index in [1.54, 1.807) is 0 Å². The molecular weight excluding hydrogens is 424 g/mol. The van der Waals surface area contributed by atoms with Crippen LogP contribution < -0.4 is 0 Å². The molecule has 0 aromatic carbocycles. The second-order valence-corrected chi connectivity index (χ2v) is 12.2. The van der Waals surface area contributed by atoms with Crippen LogP contribution in [0.15, 0.2) is 10.2 Å². The van der Waals surface area contributed by atoms with Crippen LogP contribution in [-0.2, 0) is 28.6 Å². The molecule has 0 radical (unpaired) electrons. The number of azo groups is 1. The standard InChI is InChI=1S/C25H36N2O6/c1-13(28)32-18-10-16-22(3,4)8-7-9-23(16,5)20-19(33-14(2)29)15-11-26-27-25(15)17(24(18,20)6)12-31-21(25)30/h15-20H,7-12H2,1-6H3/t15-,16-,17-,18-,19+,20+,23-,24+,25-/m0/s1. The minimum absolute atomic E-state index is 0.0501. The van der Waals surface area contributed by atoms with Crippen molar-refractivity contribution < 1.29 is 28.6 Å². The molecule has 0 unspecified atom stereocenters. The highest BCUT2D eigenvalue weighted by Gasteiger charge is 2.79. The number of carbonyl (C=O) groups excluding carboxylic acids is 3. The number of rotatable bonds is 2. The van der Waals surface area contributed by atoms with Gasteiger partial charge in [0.25, 0.3) is 0 Å². The first-order chi connectivity index (χ1) is 15.4. The molecule has 0 aromatic heterocycles. The minimum atomic E-state index is -1.18. The number of cyclic esters (lactones) is 1. The van der Waals surface area contributed by atoms with Crippen LogP contribution in [0.3, 0.4) is 0 Å². The van der Waals surface area contributed by atoms with Crippen LogP contribution in [-0.4, -0.2) is 48.8 Å². The average molecular weight is 461 g/mol. The summed E-state index contributed by atoms with van der Waals surface area (Å²) in [6, 6.07) is 0. The minimum Gasteiger partial charge on any atom is -0.463 e. The van der Waals surface area contributed by atoms with Crippen LogP contribution in [0.5, 0.6) is 0 Å². The molecule has 4 fully saturated rings. The first kappa shape index (κ1) is 22.8. The van der Waals surface area contributed by atoms with E-state index in [0.717, 1.165) is 19.3 Å². The third-order valence-corrected chi connectivity index (χ3v) is 10.2. The maximum Gasteiger partial charge on any atom is 0.336 e. The summed E-state index contributed by atoms with van der Waals surface area (Å²) in [5.41, 5.74) is -1.95. The van der Waals surface area contributed by atoms with Gasteiger partial charge in [-0.1, -0.05) is 34.1 Å². The number of hydrogen-bond donors (Lipinski definition) is 0. The van der Waals surface area contributed by atoms with Gasteiger partial charge < -0.3 is 14.2 Å². The Morgan fingerprint density at radius 3 is 2.39 bits per heavy atom. The van der Waals surface area contributed by atoms with Gasteiger partial charge in [0.05, 0.1) is 19.1 Å². The van der Waals surface area contributed by atoms with Crippen molar-refractivity contribution in [1.82, 2.24) is 0 Å². The number of esters is 3. The molecule has 8 heteroatoms. The van der Waals surface area contributed by atoms with Crippen molar-refractivity contribution in [3.05, 3.63) is 0 Å². The van der Waals surface area contributed by atoms with E-state index >= 15 is 0 Å². The van der Waals surface area contributed by atoms with Crippen LogP contribution in [0.1, 0.15) is 67.2 Å². The normalized spacial score (nSPS) is 49.2. The Balaban J connectivity index is 1.75. The smallest absolute Gasteiger partial charge is 0.336 e. The summed E-state index contributed by atoms with van der Waals surface area (Å²) in [5.74, 6) is -1.60. The molecule has 0 amide bonds. The average Bonchev–Trinajstić information content (AvgIpc) is 3.27. The molecular formula is C25H36N2O6. The Morgan fingerprint density at radius 2 is 1.73 bits per heavy atom. The highest BCUT2D eigenvalue weighted by Crippen LogP contribution is 2.73. The molecule has 2 aliphatic heterocycles. The zero-order chi connectivity index (χ0) is 24.0. The monoisotopic (exact) mass is 460 g/mol. The Morgan fingerprint density at radius 1 is 1.03 bits per heavy atom. The lowest BCUT2D eigenvalue weighted by atomic mass is 9.35. The molecule has 1 spiro atoms. The molecule has 8 nitrogen and oxygen atoms in total. The molecule has 0 N–H and O–H groups in total. The zero-order valence-corrected chi connectivity index (χ0v) is 20.6. The van der Waals surface area contributed by atoms with Crippen LogP contribution in [0.2, 0.25) is 0 Å². The summed E-state index contributed by atoms with van der Waals surface area (Å²) in [6.07, 6.45) is 2.92. The van der Waals surface area contributed by atoms with E-state index in [0.29, 0.717) is 13.0 Å². The first-order valence-corrected chi connectivity index (χ1v) is 12.3. The molecule has 3 saturated carbocycles. The predicted molar refractivity (Wildman–Crippen MR) is 117 cm³/mol. The second kappa shape index (κ2) is 7.01. The van der Waals surface area contributed by atoms with Gasteiger partial charge >= 0.3 is 17.9 Å². The van der Waals surface area contributed by atoms with Gasteiger partial charge in [0.15, 0.2) is 5.54 Å². The highest BCUT2D eigenvalue weighted by atomic mass is 16.6. The molecule has 5 rings (SSSR count). The van der Waals surface area contributed by atoms with E-state index in [9.17, 15) is 14.4 Å². The summed E-state index contributed by atoms with van der Waals surface area (Å²) in [4.78, 5) is 38.0. The number of hydrogen-bond acceptors (Lipinski definition) is 8. The van der Waals surface area contributed by atoms with Crippen molar-refractivity contribution in [1.29, 1.82) is 0 Å². The topological polar surface area (TPSA) is 104 Å². The molecule has 0 bridgehead atoms. The summed E-state index contributed by atoms with van der Waals surface area (Å²) in [6.45, 7) is 12.5. The van der Waals surface area contributed by atoms with Gasteiger partial charge in [0.2, 0.25) is 0 Å². The van der Waals surface area contributed by atoms with Crippen molar-refractivity contribution >= 4 is 17.9 Å². The highest BCUT2D eigenvalue weighted by molar-refractivity contribution is 5.85. The number of nitrogens with zero attached hydrogens (tertiary/aromatic N) is 2. The lowest BCUT2D eigenvalue weighted by molar-refractivity contribution is -0.270. The molecule has 1 saturated heterocycles. The van der Waals surface area contributed by atoms with Gasteiger partial charge in [-0.3, -0.25) is 9.59 Å². The largest absolute Gasteiger partial charge is 0.463 e. The molecule has 33 heavy (non-hydrogen) atoms. The first-order valence-electron chi connectivity index (χ1n) is 12.3. The lowest BCUT2D eigenvalue weighted by Gasteiger charge is -2.69. The maximum absolute atomic E-state index is 13.2. The predicted octanol–water partition coefficient (Wildman–Crippen LogP) is 3.72. The van der Waals surface area contributed by atoms with Gasteiger partial charge in [-0.25, -0.2) is 4.79 Å². The third kappa shape index (κ3) is 2.78. The SMILES string of the molecule is CC(=O)O[C@H]1[C@@H]2[C@@]3(C)CCCC(C)(C)[C@@H]3C[C@H](OC(C)=O)[C@@]2(C)[C@@H]2COC(=O)[C@@]23N=NC[C@@H]13. The van der Waals surface area contributed by atoms with Crippen LogP contribution in [0, 0.1) is 39.9 Å².